The lowest BCUT2D eigenvalue weighted by Gasteiger charge is -2.21. The van der Waals surface area contributed by atoms with Crippen LogP contribution < -0.4 is 0 Å². The van der Waals surface area contributed by atoms with Crippen LogP contribution in [0.1, 0.15) is 6.92 Å². The van der Waals surface area contributed by atoms with Gasteiger partial charge >= 0.3 is 12.1 Å². The molecule has 0 atom stereocenters. The van der Waals surface area contributed by atoms with Crippen molar-refractivity contribution in [3.63, 3.8) is 0 Å². The highest BCUT2D eigenvalue weighted by Crippen LogP contribution is 1.94. The van der Waals surface area contributed by atoms with E-state index in [1.807, 2.05) is 19.0 Å². The molecule has 1 amide bonds. The van der Waals surface area contributed by atoms with Gasteiger partial charge in [-0.25, -0.2) is 4.79 Å². The van der Waals surface area contributed by atoms with Crippen LogP contribution in [0.25, 0.3) is 0 Å². The highest BCUT2D eigenvalue weighted by Gasteiger charge is 2.17. The summed E-state index contributed by atoms with van der Waals surface area (Å²) in [5.41, 5.74) is 0. The van der Waals surface area contributed by atoms with E-state index in [9.17, 15) is 9.59 Å². The normalized spacial score (nSPS) is 10.1. The Bertz CT molecular complexity index is 218. The summed E-state index contributed by atoms with van der Waals surface area (Å²) in [5.74, 6) is -1.04. The molecule has 0 aromatic carbocycles. The van der Waals surface area contributed by atoms with Gasteiger partial charge in [0.05, 0.1) is 6.61 Å². The first-order valence-corrected chi connectivity index (χ1v) is 4.75. The number of likely N-dealkylation sites (N-methyl/N-ethyl adjacent to an activating group) is 1. The molecule has 15 heavy (non-hydrogen) atoms. The van der Waals surface area contributed by atoms with Gasteiger partial charge in [0.15, 0.2) is 0 Å². The summed E-state index contributed by atoms with van der Waals surface area (Å²) in [6, 6.07) is 0. The lowest BCUT2D eigenvalue weighted by atomic mass is 10.4. The summed E-state index contributed by atoms with van der Waals surface area (Å²) in [4.78, 5) is 24.9. The molecule has 0 bridgehead atoms. The fourth-order valence-electron chi connectivity index (χ4n) is 0.934. The Morgan fingerprint density at radius 1 is 1.27 bits per heavy atom. The summed E-state index contributed by atoms with van der Waals surface area (Å²) in [5, 5.41) is 8.60. The number of carbonyl (C=O) groups is 2. The summed E-state index contributed by atoms with van der Waals surface area (Å²) in [6.45, 7) is 2.55. The maximum atomic E-state index is 11.3. The predicted octanol–water partition coefficient (Wildman–Crippen LogP) is 0.0911. The van der Waals surface area contributed by atoms with Gasteiger partial charge in [-0.3, -0.25) is 9.69 Å². The van der Waals surface area contributed by atoms with Crippen LogP contribution in [0.5, 0.6) is 0 Å². The highest BCUT2D eigenvalue weighted by atomic mass is 16.6. The van der Waals surface area contributed by atoms with Crippen LogP contribution >= 0.6 is 0 Å². The van der Waals surface area contributed by atoms with Crippen molar-refractivity contribution in [1.82, 2.24) is 9.80 Å². The molecule has 0 aromatic heterocycles. The molecule has 0 saturated carbocycles. The molecule has 0 aliphatic rings. The Morgan fingerprint density at radius 3 is 2.27 bits per heavy atom. The molecule has 1 N–H and O–H groups in total. The van der Waals surface area contributed by atoms with E-state index in [0.29, 0.717) is 13.1 Å². The molecule has 88 valence electrons. The van der Waals surface area contributed by atoms with Gasteiger partial charge in [-0.1, -0.05) is 0 Å². The molecular formula is C9H18N2O4. The Labute approximate surface area is 89.4 Å². The molecule has 0 aromatic rings. The van der Waals surface area contributed by atoms with Gasteiger partial charge in [-0.15, -0.1) is 0 Å². The van der Waals surface area contributed by atoms with Crippen LogP contribution in [-0.4, -0.2) is 67.3 Å². The van der Waals surface area contributed by atoms with Crippen molar-refractivity contribution >= 4 is 12.1 Å². The minimum atomic E-state index is -1.04. The second-order valence-electron chi connectivity index (χ2n) is 3.32. The molecule has 0 radical (unpaired) electrons. The smallest absolute Gasteiger partial charge is 0.410 e. The first kappa shape index (κ1) is 13.7. The Balaban J connectivity index is 4.17. The minimum Gasteiger partial charge on any atom is -0.480 e. The number of carboxylic acid groups (broad SMARTS) is 1. The fourth-order valence-corrected chi connectivity index (χ4v) is 0.934. The Kier molecular flexibility index (Phi) is 6.44. The topological polar surface area (TPSA) is 70.1 Å². The second kappa shape index (κ2) is 7.05. The van der Waals surface area contributed by atoms with Crippen LogP contribution in [0.3, 0.4) is 0 Å². The largest absolute Gasteiger partial charge is 0.480 e. The number of hydrogen-bond acceptors (Lipinski definition) is 4. The maximum Gasteiger partial charge on any atom is 0.410 e. The first-order chi connectivity index (χ1) is 6.97. The standard InChI is InChI=1S/C9H18N2O4/c1-4-15-9(14)11(7-8(12)13)6-5-10(2)3/h4-7H2,1-3H3,(H,12,13). The zero-order valence-corrected chi connectivity index (χ0v) is 9.39. The molecule has 0 unspecified atom stereocenters. The summed E-state index contributed by atoms with van der Waals surface area (Å²) >= 11 is 0. The van der Waals surface area contributed by atoms with Crippen molar-refractivity contribution in [2.45, 2.75) is 6.92 Å². The van der Waals surface area contributed by atoms with Crippen LogP contribution in [-0.2, 0) is 9.53 Å². The van der Waals surface area contributed by atoms with Gasteiger partial charge in [0.1, 0.15) is 6.54 Å². The number of carbonyl (C=O) groups excluding carboxylic acids is 1. The molecule has 6 nitrogen and oxygen atoms in total. The van der Waals surface area contributed by atoms with E-state index >= 15 is 0 Å². The van der Waals surface area contributed by atoms with E-state index < -0.39 is 12.1 Å². The van der Waals surface area contributed by atoms with Crippen LogP contribution in [0, 0.1) is 0 Å². The van der Waals surface area contributed by atoms with E-state index in [2.05, 4.69) is 0 Å². The van der Waals surface area contributed by atoms with Crippen LogP contribution in [0.15, 0.2) is 0 Å². The number of ether oxygens (including phenoxy) is 1. The minimum absolute atomic E-state index is 0.247. The summed E-state index contributed by atoms with van der Waals surface area (Å²) in [6.07, 6.45) is -0.582. The monoisotopic (exact) mass is 218 g/mol. The van der Waals surface area contributed by atoms with Crippen molar-refractivity contribution in [2.75, 3.05) is 40.3 Å². The average Bonchev–Trinajstić information content (AvgIpc) is 2.11. The third-order valence-electron chi connectivity index (χ3n) is 1.67. The van der Waals surface area contributed by atoms with Crippen LogP contribution in [0.2, 0.25) is 0 Å². The van der Waals surface area contributed by atoms with Gasteiger partial charge in [0.25, 0.3) is 0 Å². The third-order valence-corrected chi connectivity index (χ3v) is 1.67. The number of nitrogens with zero attached hydrogens (tertiary/aromatic N) is 2. The van der Waals surface area contributed by atoms with E-state index in [1.54, 1.807) is 6.92 Å². The Morgan fingerprint density at radius 2 is 1.87 bits per heavy atom. The third kappa shape index (κ3) is 6.73. The summed E-state index contributed by atoms with van der Waals surface area (Å²) < 4.78 is 4.74. The molecule has 6 heteroatoms. The average molecular weight is 218 g/mol. The molecular weight excluding hydrogens is 200 g/mol. The number of amides is 1. The molecule has 0 fully saturated rings. The first-order valence-electron chi connectivity index (χ1n) is 4.75. The van der Waals surface area contributed by atoms with Crippen molar-refractivity contribution in [3.05, 3.63) is 0 Å². The maximum absolute atomic E-state index is 11.3. The predicted molar refractivity (Wildman–Crippen MR) is 54.8 cm³/mol. The van der Waals surface area contributed by atoms with Crippen LogP contribution in [0.4, 0.5) is 4.79 Å². The fraction of sp³-hybridized carbons (Fsp3) is 0.778. The second-order valence-corrected chi connectivity index (χ2v) is 3.32. The van der Waals surface area contributed by atoms with Crippen molar-refractivity contribution < 1.29 is 19.4 Å². The van der Waals surface area contributed by atoms with Crippen molar-refractivity contribution in [1.29, 1.82) is 0 Å². The number of carboxylic acids is 1. The van der Waals surface area contributed by atoms with Gasteiger partial charge in [0, 0.05) is 13.1 Å². The van der Waals surface area contributed by atoms with Gasteiger partial charge < -0.3 is 14.7 Å². The number of rotatable bonds is 6. The summed E-state index contributed by atoms with van der Waals surface area (Å²) in [7, 11) is 3.70. The lowest BCUT2D eigenvalue weighted by molar-refractivity contribution is -0.138. The quantitative estimate of drug-likeness (QED) is 0.684. The lowest BCUT2D eigenvalue weighted by Crippen LogP contribution is -2.40. The molecule has 0 heterocycles. The van der Waals surface area contributed by atoms with E-state index in [4.69, 9.17) is 9.84 Å². The molecule has 0 saturated heterocycles. The number of aliphatic carboxylic acids is 1. The van der Waals surface area contributed by atoms with E-state index in [0.717, 1.165) is 0 Å². The molecule has 0 spiro atoms. The zero-order valence-electron chi connectivity index (χ0n) is 9.39. The van der Waals surface area contributed by atoms with Crippen molar-refractivity contribution in [3.8, 4) is 0 Å². The zero-order chi connectivity index (χ0) is 11.8. The van der Waals surface area contributed by atoms with Gasteiger partial charge in [-0.2, -0.15) is 0 Å². The molecule has 0 rings (SSSR count). The molecule has 0 aliphatic heterocycles. The highest BCUT2D eigenvalue weighted by molar-refractivity contribution is 5.76. The van der Waals surface area contributed by atoms with Gasteiger partial charge in [-0.05, 0) is 21.0 Å². The van der Waals surface area contributed by atoms with Gasteiger partial charge in [0.2, 0.25) is 0 Å². The Hall–Kier alpha value is -1.30. The van der Waals surface area contributed by atoms with E-state index in [-0.39, 0.29) is 13.2 Å². The van der Waals surface area contributed by atoms with Crippen molar-refractivity contribution in [2.24, 2.45) is 0 Å². The number of hydrogen-bond donors (Lipinski definition) is 1. The molecule has 0 aliphatic carbocycles. The SMILES string of the molecule is CCOC(=O)N(CCN(C)C)CC(=O)O. The van der Waals surface area contributed by atoms with E-state index in [1.165, 1.54) is 4.90 Å².